The van der Waals surface area contributed by atoms with Crippen LogP contribution in [0.5, 0.6) is 0 Å². The van der Waals surface area contributed by atoms with Crippen LogP contribution in [0, 0.1) is 17.8 Å². The van der Waals surface area contributed by atoms with E-state index in [0.717, 1.165) is 37.0 Å². The molecule has 0 spiro atoms. The van der Waals surface area contributed by atoms with Gasteiger partial charge in [-0.25, -0.2) is 0 Å². The zero-order valence-electron chi connectivity index (χ0n) is 102. The Balaban J connectivity index is -0.0000000721. The molecule has 9 aliphatic rings. The molecule has 0 saturated heterocycles. The summed E-state index contributed by atoms with van der Waals surface area (Å²) >= 11 is -18.7. The second-order valence-corrected chi connectivity index (χ2v) is 99.9. The van der Waals surface area contributed by atoms with Crippen molar-refractivity contribution < 1.29 is 145 Å². The minimum absolute atomic E-state index is 0.00625. The van der Waals surface area contributed by atoms with Crippen molar-refractivity contribution in [1.29, 1.82) is 0 Å². The van der Waals surface area contributed by atoms with Crippen LogP contribution < -0.4 is 0 Å². The number of hydrogen-bond donors (Lipinski definition) is 0. The molecule has 0 N–H and O–H groups in total. The Morgan fingerprint density at radius 3 is 0.243 bits per heavy atom. The van der Waals surface area contributed by atoms with Crippen LogP contribution in [0.2, 0.25) is 0 Å². The minimum atomic E-state index is -2.12. The Hall–Kier alpha value is 10.1. The van der Waals surface area contributed by atoms with E-state index in [-0.39, 0.29) is 33.2 Å². The third kappa shape index (κ3) is 308. The molecule has 144 heavy (non-hydrogen) atoms. The van der Waals surface area contributed by atoms with Gasteiger partial charge < -0.3 is 0 Å². The van der Waals surface area contributed by atoms with Crippen LogP contribution in [0.15, 0.2) is 30.0 Å². The summed E-state index contributed by atoms with van der Waals surface area (Å²) in [5.74, 6) is 2.50. The first-order valence-electron chi connectivity index (χ1n) is 56.0. The van der Waals surface area contributed by atoms with Crippen molar-refractivity contribution in [3.63, 3.8) is 0 Å². The Morgan fingerprint density at radius 1 is 0.160 bits per heavy atom. The van der Waals surface area contributed by atoms with Crippen LogP contribution in [-0.4, -0.2) is 51.4 Å². The average molecular weight is 3140 g/mol. The fourth-order valence-electron chi connectivity index (χ4n) is 9.99. The van der Waals surface area contributed by atoms with E-state index in [1.54, 1.807) is 0 Å². The van der Waals surface area contributed by atoms with Crippen LogP contribution >= 0.6 is 165 Å². The van der Waals surface area contributed by atoms with E-state index in [2.05, 4.69) is 196 Å². The third-order valence-electron chi connectivity index (χ3n) is 17.0. The van der Waals surface area contributed by atoms with Gasteiger partial charge in [-0.1, -0.05) is 454 Å². The Kier molecular flexibility index (Phi) is 210. The molecule has 0 aromatic rings. The standard InChI is InChI=1S/3C5H11N.9C5H10.3C4H9N.3C4H10.3C3H7N.3C3H8.3C2H6.18ClH.9Nb/c3*1-4-5(2,3)6;9*1-2-4-5-3-1;3*1-4(2,3)5;3*1-4(2)3;3*1-3(2)4;3*1-3-2;3*1-2;;;;;;;;;;;;;;;;;;;;;;;;;;;/h3*4H2,1-3H3;9*1-5H2;3*1-3H3;3*4H,1-3H3;3*3H,1-2H3;3*3H2,1-2H3;3*1-2H3;18*1H;;;;;;;;;/q;;;;;;;;;;;;;;;;;;;;;;;;;;;;;;;;;;;;;;;;;;;;;9*+2/p-18. The zero-order valence-corrected chi connectivity index (χ0v) is 136. The van der Waals surface area contributed by atoms with E-state index in [1.165, 1.54) is 308 Å². The average Bonchev–Trinajstić information content (AvgIpc) is 1.50. The molecule has 9 rings (SSSR count). The number of halogens is 18. The Labute approximate surface area is 1030 Å². The van der Waals surface area contributed by atoms with Gasteiger partial charge in [-0.05, 0) is 17.8 Å². The molecule has 0 unspecified atom stereocenters. The molecule has 0 radical (unpaired) electrons. The monoisotopic (exact) mass is 3130 g/mol. The zero-order chi connectivity index (χ0) is 117. The summed E-state index contributed by atoms with van der Waals surface area (Å²) in [5, 5.41) is 0. The summed E-state index contributed by atoms with van der Waals surface area (Å²) in [5.41, 5.74) is -0.0875. The van der Waals surface area contributed by atoms with E-state index in [4.69, 9.17) is 165 Å². The molecule has 9 saturated carbocycles. The van der Waals surface area contributed by atoms with Gasteiger partial charge in [0.25, 0.3) is 0 Å². The summed E-state index contributed by atoms with van der Waals surface area (Å²) in [7, 11) is 99.7. The van der Waals surface area contributed by atoms with Crippen molar-refractivity contribution >= 4 is 165 Å². The van der Waals surface area contributed by atoms with Crippen LogP contribution in [0.25, 0.3) is 0 Å². The molecular weight excluding hydrogens is 2900 g/mol. The van der Waals surface area contributed by atoms with Gasteiger partial charge in [-0.15, -0.1) is 0 Å². The first kappa shape index (κ1) is 195. The maximum absolute atomic E-state index is 5.62. The second kappa shape index (κ2) is 155. The Bertz CT molecular complexity index is 2210. The first-order chi connectivity index (χ1) is 66.5. The summed E-state index contributed by atoms with van der Waals surface area (Å²) in [6, 6.07) is 0.953. The van der Waals surface area contributed by atoms with Crippen molar-refractivity contribution in [2.75, 3.05) is 0 Å². The quantitative estimate of drug-likeness (QED) is 0.205. The van der Waals surface area contributed by atoms with Crippen LogP contribution in [0.3, 0.4) is 0 Å². The van der Waals surface area contributed by atoms with E-state index < -0.39 is 145 Å². The van der Waals surface area contributed by atoms with Crippen molar-refractivity contribution in [3.8, 4) is 0 Å². The fourth-order valence-corrected chi connectivity index (χ4v) is 41.5. The third-order valence-corrected chi connectivity index (χ3v) is 40.8. The molecule has 0 aromatic heterocycles. The summed E-state index contributed by atoms with van der Waals surface area (Å²) in [6.07, 6.45) is 74.3. The number of nitrogens with zero attached hydrogens (tertiary/aromatic N) is 9. The molecule has 0 atom stereocenters. The predicted octanol–water partition coefficient (Wildman–Crippen LogP) is 55.9. The van der Waals surface area contributed by atoms with E-state index in [0.29, 0.717) is 18.1 Å². The number of rotatable bonds is 9. The summed E-state index contributed by atoms with van der Waals surface area (Å²) in [6.45, 7) is 92.6. The fraction of sp³-hybridized carbons (Fsp3) is 1.00. The van der Waals surface area contributed by atoms with Crippen molar-refractivity contribution in [1.82, 2.24) is 0 Å². The van der Waals surface area contributed by atoms with E-state index in [1.807, 2.05) is 145 Å². The van der Waals surface area contributed by atoms with Gasteiger partial charge in [0.2, 0.25) is 0 Å². The van der Waals surface area contributed by atoms with E-state index in [9.17, 15) is 0 Å². The molecule has 9 nitrogen and oxygen atoms in total. The van der Waals surface area contributed by atoms with Crippen LogP contribution in [0.4, 0.5) is 0 Å². The molecule has 0 amide bonds. The van der Waals surface area contributed by atoms with Gasteiger partial charge >= 0.3 is 577 Å². The Morgan fingerprint density at radius 2 is 0.229 bits per heavy atom. The van der Waals surface area contributed by atoms with Crippen molar-refractivity contribution in [2.24, 2.45) is 47.8 Å². The van der Waals surface area contributed by atoms with Crippen molar-refractivity contribution in [3.05, 3.63) is 0 Å². The molecule has 0 aliphatic heterocycles. The molecule has 36 heteroatoms. The second-order valence-electron chi connectivity index (χ2n) is 42.4. The van der Waals surface area contributed by atoms with Crippen molar-refractivity contribution in [2.45, 2.75) is 690 Å². The predicted molar refractivity (Wildman–Crippen MR) is 656 cm³/mol. The van der Waals surface area contributed by atoms with Crippen LogP contribution in [-0.2, 0) is 145 Å². The van der Waals surface area contributed by atoms with Gasteiger partial charge in [-0.3, -0.25) is 0 Å². The topological polar surface area (TPSA) is 111 Å². The molecule has 9 aliphatic carbocycles. The SMILES string of the molecule is C1CCCC1.C1CCCC1.C1CCCC1.C1CCCC1.C1CCCC1.C1CCCC1.C1CCCC1.C1CCCC1.C1CCCC1.CC.CC.CC.CC(C)(C)[N]=[Nb]([Cl])[Cl].CC(C)(C)[N]=[Nb]([Cl])[Cl].CC(C)(C)[N]=[Nb]([Cl])[Cl].CC(C)C.CC(C)C.CC(C)C.CC(C)[N]=[Nb]([Cl])[Cl].CC(C)[N]=[Nb]([Cl])[Cl].CC(C)[N]=[Nb]([Cl])[Cl].CCC.CCC.CCC.CCC(C)(C)[N]=[Nb]([Cl])[Cl].CCC(C)(C)[N]=[Nb]([Cl])[Cl].CCC(C)(C)[N]=[Nb]([Cl])[Cl]. The number of hydrogen-bond acceptors (Lipinski definition) is 9. The molecule has 891 valence electrons. The van der Waals surface area contributed by atoms with Gasteiger partial charge in [0, 0.05) is 0 Å². The summed E-state index contributed by atoms with van der Waals surface area (Å²) < 4.78 is 37.1. The summed E-state index contributed by atoms with van der Waals surface area (Å²) in [4.78, 5) is 0. The molecular formula is C108H243Cl18N9Nb9. The van der Waals surface area contributed by atoms with Gasteiger partial charge in [-0.2, -0.15) is 0 Å². The van der Waals surface area contributed by atoms with Crippen LogP contribution in [0.1, 0.15) is 639 Å². The maximum atomic E-state index is 5.62. The van der Waals surface area contributed by atoms with Gasteiger partial charge in [0.15, 0.2) is 0 Å². The molecule has 9 fully saturated rings. The van der Waals surface area contributed by atoms with Gasteiger partial charge in [0.1, 0.15) is 0 Å². The van der Waals surface area contributed by atoms with Gasteiger partial charge in [0.05, 0.1) is 0 Å². The molecule has 0 aromatic carbocycles. The normalized spacial score (nSPS) is 14.1. The molecule has 0 heterocycles. The molecule has 0 bridgehead atoms. The first-order valence-corrected chi connectivity index (χ1v) is 116. The van der Waals surface area contributed by atoms with E-state index >= 15 is 0 Å².